The minimum atomic E-state index is -1.42. The van der Waals surface area contributed by atoms with Crippen LogP contribution in [0.4, 0.5) is 0 Å². The lowest BCUT2D eigenvalue weighted by Crippen LogP contribution is -2.39. The van der Waals surface area contributed by atoms with E-state index in [9.17, 15) is 14.4 Å². The molecule has 0 amide bonds. The third-order valence-electron chi connectivity index (χ3n) is 3.69. The molecule has 0 aliphatic heterocycles. The number of hydrogen-bond donors (Lipinski definition) is 0. The summed E-state index contributed by atoms with van der Waals surface area (Å²) < 4.78 is 14.6. The van der Waals surface area contributed by atoms with Gasteiger partial charge in [-0.1, -0.05) is 6.08 Å². The number of rotatable bonds is 4. The minimum absolute atomic E-state index is 0.0855. The van der Waals surface area contributed by atoms with Crippen molar-refractivity contribution in [1.82, 2.24) is 0 Å². The predicted octanol–water partition coefficient (Wildman–Crippen LogP) is 1.75. The fourth-order valence-electron chi connectivity index (χ4n) is 2.70. The molecule has 1 rings (SSSR count). The second-order valence-corrected chi connectivity index (χ2v) is 4.96. The average Bonchev–Trinajstić information content (AvgIpc) is 2.85. The van der Waals surface area contributed by atoms with Gasteiger partial charge < -0.3 is 14.2 Å². The summed E-state index contributed by atoms with van der Waals surface area (Å²) in [5, 5.41) is 0. The predicted molar refractivity (Wildman–Crippen MR) is 73.9 cm³/mol. The van der Waals surface area contributed by atoms with Crippen LogP contribution in [0.3, 0.4) is 0 Å². The van der Waals surface area contributed by atoms with Gasteiger partial charge in [0.2, 0.25) is 0 Å². The van der Waals surface area contributed by atoms with E-state index in [-0.39, 0.29) is 18.8 Å². The van der Waals surface area contributed by atoms with Gasteiger partial charge in [0, 0.05) is 12.8 Å². The summed E-state index contributed by atoms with van der Waals surface area (Å²) in [7, 11) is 2.44. The second-order valence-electron chi connectivity index (χ2n) is 4.96. The first-order chi connectivity index (χ1) is 9.82. The first-order valence-corrected chi connectivity index (χ1v) is 6.49. The standard InChI is InChI=1S/C15H20O6/c1-6-11-7-15(13(17)19-4,14(18)20-5)8-12(11)9(2)21-10(3)16/h6,11H,1,7-8H2,2-5H3/b12-9-. The van der Waals surface area contributed by atoms with Gasteiger partial charge in [0.25, 0.3) is 0 Å². The molecular formula is C15H20O6. The van der Waals surface area contributed by atoms with Crippen LogP contribution in [0.5, 0.6) is 0 Å². The molecule has 1 fully saturated rings. The highest BCUT2D eigenvalue weighted by Gasteiger charge is 2.55. The molecule has 0 spiro atoms. The first kappa shape index (κ1) is 16.9. The normalized spacial score (nSPS) is 22.2. The minimum Gasteiger partial charge on any atom is -0.468 e. The molecule has 0 N–H and O–H groups in total. The average molecular weight is 296 g/mol. The maximum Gasteiger partial charge on any atom is 0.323 e. The van der Waals surface area contributed by atoms with Crippen LogP contribution >= 0.6 is 0 Å². The van der Waals surface area contributed by atoms with Crippen LogP contribution in [0.15, 0.2) is 24.0 Å². The van der Waals surface area contributed by atoms with Crippen LogP contribution in [-0.4, -0.2) is 32.1 Å². The summed E-state index contributed by atoms with van der Waals surface area (Å²) in [6.07, 6.45) is 1.89. The van der Waals surface area contributed by atoms with E-state index < -0.39 is 23.3 Å². The van der Waals surface area contributed by atoms with Crippen molar-refractivity contribution in [2.24, 2.45) is 11.3 Å². The molecule has 6 heteroatoms. The van der Waals surface area contributed by atoms with Gasteiger partial charge in [-0.15, -0.1) is 6.58 Å². The molecule has 0 bridgehead atoms. The van der Waals surface area contributed by atoms with Crippen LogP contribution < -0.4 is 0 Å². The lowest BCUT2D eigenvalue weighted by molar-refractivity contribution is -0.168. The molecule has 6 nitrogen and oxygen atoms in total. The Labute approximate surface area is 123 Å². The summed E-state index contributed by atoms with van der Waals surface area (Å²) in [5.41, 5.74) is -0.741. The van der Waals surface area contributed by atoms with Crippen molar-refractivity contribution >= 4 is 17.9 Å². The largest absolute Gasteiger partial charge is 0.468 e. The molecule has 1 aliphatic rings. The maximum absolute atomic E-state index is 12.1. The van der Waals surface area contributed by atoms with Crippen molar-refractivity contribution in [2.75, 3.05) is 14.2 Å². The van der Waals surface area contributed by atoms with E-state index in [0.717, 1.165) is 0 Å². The molecular weight excluding hydrogens is 276 g/mol. The zero-order chi connectivity index (χ0) is 16.2. The van der Waals surface area contributed by atoms with Crippen molar-refractivity contribution in [3.05, 3.63) is 24.0 Å². The highest BCUT2D eigenvalue weighted by Crippen LogP contribution is 2.48. The van der Waals surface area contributed by atoms with Crippen molar-refractivity contribution in [3.8, 4) is 0 Å². The maximum atomic E-state index is 12.1. The summed E-state index contributed by atoms with van der Waals surface area (Å²) in [6.45, 7) is 6.62. The fraction of sp³-hybridized carbons (Fsp3) is 0.533. The Balaban J connectivity index is 3.29. The number of methoxy groups -OCH3 is 2. The molecule has 0 radical (unpaired) electrons. The SMILES string of the molecule is C=CC1CC(C(=O)OC)(C(=O)OC)C/C1=C(\C)OC(C)=O. The molecule has 1 saturated carbocycles. The van der Waals surface area contributed by atoms with Crippen LogP contribution in [0.1, 0.15) is 26.7 Å². The van der Waals surface area contributed by atoms with Gasteiger partial charge in [-0.3, -0.25) is 14.4 Å². The van der Waals surface area contributed by atoms with Gasteiger partial charge in [0.1, 0.15) is 5.76 Å². The third-order valence-corrected chi connectivity index (χ3v) is 3.69. The number of hydrogen-bond acceptors (Lipinski definition) is 6. The van der Waals surface area contributed by atoms with E-state index in [2.05, 4.69) is 6.58 Å². The van der Waals surface area contributed by atoms with E-state index in [1.165, 1.54) is 21.1 Å². The van der Waals surface area contributed by atoms with Crippen molar-refractivity contribution in [3.63, 3.8) is 0 Å². The highest BCUT2D eigenvalue weighted by molar-refractivity contribution is 6.01. The number of allylic oxidation sites excluding steroid dienone is 3. The number of carbonyl (C=O) groups is 3. The lowest BCUT2D eigenvalue weighted by Gasteiger charge is -2.22. The molecule has 21 heavy (non-hydrogen) atoms. The molecule has 1 unspecified atom stereocenters. The van der Waals surface area contributed by atoms with E-state index in [1.54, 1.807) is 13.0 Å². The van der Waals surface area contributed by atoms with E-state index in [1.807, 2.05) is 0 Å². The molecule has 0 aromatic heterocycles. The molecule has 116 valence electrons. The first-order valence-electron chi connectivity index (χ1n) is 6.49. The van der Waals surface area contributed by atoms with Crippen molar-refractivity contribution < 1.29 is 28.6 Å². The van der Waals surface area contributed by atoms with Gasteiger partial charge in [0.05, 0.1) is 14.2 Å². The molecule has 1 aliphatic carbocycles. The second kappa shape index (κ2) is 6.56. The Kier molecular flexibility index (Phi) is 5.29. The molecule has 0 aromatic carbocycles. The van der Waals surface area contributed by atoms with Gasteiger partial charge in [0.15, 0.2) is 5.41 Å². The summed E-state index contributed by atoms with van der Waals surface area (Å²) in [4.78, 5) is 35.3. The topological polar surface area (TPSA) is 78.9 Å². The monoisotopic (exact) mass is 296 g/mol. The van der Waals surface area contributed by atoms with Crippen molar-refractivity contribution in [1.29, 1.82) is 0 Å². The van der Waals surface area contributed by atoms with Gasteiger partial charge in [-0.2, -0.15) is 0 Å². The Morgan fingerprint density at radius 3 is 2.10 bits per heavy atom. The fourth-order valence-corrected chi connectivity index (χ4v) is 2.70. The highest BCUT2D eigenvalue weighted by atomic mass is 16.5. The number of carbonyl (C=O) groups excluding carboxylic acids is 3. The number of esters is 3. The van der Waals surface area contributed by atoms with Crippen LogP contribution in [0, 0.1) is 11.3 Å². The van der Waals surface area contributed by atoms with Gasteiger partial charge >= 0.3 is 17.9 Å². The molecule has 0 saturated heterocycles. The molecule has 0 aromatic rings. The molecule has 1 atom stereocenters. The Morgan fingerprint density at radius 2 is 1.71 bits per heavy atom. The third kappa shape index (κ3) is 3.15. The van der Waals surface area contributed by atoms with E-state index in [0.29, 0.717) is 11.3 Å². The van der Waals surface area contributed by atoms with Crippen LogP contribution in [0.2, 0.25) is 0 Å². The van der Waals surface area contributed by atoms with Crippen molar-refractivity contribution in [2.45, 2.75) is 26.7 Å². The zero-order valence-electron chi connectivity index (χ0n) is 12.7. The van der Waals surface area contributed by atoms with Crippen LogP contribution in [-0.2, 0) is 28.6 Å². The Morgan fingerprint density at radius 1 is 1.19 bits per heavy atom. The summed E-state index contributed by atoms with van der Waals surface area (Å²) >= 11 is 0. The smallest absolute Gasteiger partial charge is 0.323 e. The Bertz CT molecular complexity index is 486. The lowest BCUT2D eigenvalue weighted by atomic mass is 9.85. The summed E-state index contributed by atoms with van der Waals surface area (Å²) in [5.74, 6) is -1.67. The number of ether oxygens (including phenoxy) is 3. The quantitative estimate of drug-likeness (QED) is 0.258. The molecule has 0 heterocycles. The zero-order valence-corrected chi connectivity index (χ0v) is 12.7. The van der Waals surface area contributed by atoms with Gasteiger partial charge in [-0.05, 0) is 25.3 Å². The van der Waals surface area contributed by atoms with Crippen LogP contribution in [0.25, 0.3) is 0 Å². The summed E-state index contributed by atoms with van der Waals surface area (Å²) in [6, 6.07) is 0. The van der Waals surface area contributed by atoms with Gasteiger partial charge in [-0.25, -0.2) is 0 Å². The van der Waals surface area contributed by atoms with E-state index in [4.69, 9.17) is 14.2 Å². The Hall–Kier alpha value is -2.11. The van der Waals surface area contributed by atoms with E-state index >= 15 is 0 Å².